The van der Waals surface area contributed by atoms with Gasteiger partial charge in [0.15, 0.2) is 0 Å². The van der Waals surface area contributed by atoms with Gasteiger partial charge in [-0.3, -0.25) is 9.36 Å². The summed E-state index contributed by atoms with van der Waals surface area (Å²) >= 11 is 0. The van der Waals surface area contributed by atoms with Gasteiger partial charge in [-0.2, -0.15) is 0 Å². The lowest BCUT2D eigenvalue weighted by atomic mass is 10.0. The Kier molecular flexibility index (Phi) is 42.1. The fourth-order valence-corrected chi connectivity index (χ4v) is 8.06. The molecule has 0 saturated carbocycles. The summed E-state index contributed by atoms with van der Waals surface area (Å²) in [4.78, 5) is 25.2. The molecule has 0 saturated heterocycles. The number of nitrogens with zero attached hydrogens (tertiary/aromatic N) is 1. The molecule has 0 bridgehead atoms. The third-order valence-electron chi connectivity index (χ3n) is 11.4. The van der Waals surface area contributed by atoms with E-state index in [0.29, 0.717) is 23.9 Å². The van der Waals surface area contributed by atoms with Crippen LogP contribution in [0.3, 0.4) is 0 Å². The maximum atomic E-state index is 12.8. The van der Waals surface area contributed by atoms with E-state index in [1.807, 2.05) is 21.1 Å². The number of nitrogens with one attached hydrogen (secondary N) is 1. The van der Waals surface area contributed by atoms with Crippen LogP contribution in [-0.2, 0) is 18.4 Å². The zero-order chi connectivity index (χ0) is 44.3. The number of phosphoric acid groups is 1. The minimum Gasteiger partial charge on any atom is -0.756 e. The molecule has 3 atom stereocenters. The predicted molar refractivity (Wildman–Crippen MR) is 256 cm³/mol. The van der Waals surface area contributed by atoms with Crippen LogP contribution in [0, 0.1) is 0 Å². The number of carbonyl (C=O) groups is 1. The number of phosphoric ester groups is 1. The molecule has 9 heteroatoms. The van der Waals surface area contributed by atoms with Crippen molar-refractivity contribution < 1.29 is 32.9 Å². The monoisotopic (exact) mass is 867 g/mol. The first kappa shape index (κ1) is 58.7. The summed E-state index contributed by atoms with van der Waals surface area (Å²) in [6, 6.07) is -0.795. The highest BCUT2D eigenvalue weighted by atomic mass is 31.2. The number of allylic oxidation sites excluding steroid dienone is 6. The first-order chi connectivity index (χ1) is 29.0. The third-order valence-corrected chi connectivity index (χ3v) is 12.3. The van der Waals surface area contributed by atoms with Crippen LogP contribution in [0.2, 0.25) is 0 Å². The quantitative estimate of drug-likeness (QED) is 0.0273. The van der Waals surface area contributed by atoms with Crippen molar-refractivity contribution in [1.29, 1.82) is 0 Å². The van der Waals surface area contributed by atoms with Gasteiger partial charge in [-0.05, 0) is 51.4 Å². The maximum absolute atomic E-state index is 12.8. The number of likely N-dealkylation sites (N-methyl/N-ethyl adjacent to an activating group) is 1. The molecule has 0 aliphatic rings. The van der Waals surface area contributed by atoms with Crippen molar-refractivity contribution in [2.75, 3.05) is 40.9 Å². The van der Waals surface area contributed by atoms with Crippen LogP contribution in [0.1, 0.15) is 232 Å². The Bertz CT molecular complexity index is 1070. The minimum atomic E-state index is -4.55. The van der Waals surface area contributed by atoms with Crippen LogP contribution >= 0.6 is 7.82 Å². The average Bonchev–Trinajstić information content (AvgIpc) is 3.20. The van der Waals surface area contributed by atoms with Gasteiger partial charge in [-0.15, -0.1) is 0 Å². The SMILES string of the molecule is CCCCCCC/C=C\C/C=C\C/C=C\CCCCCCCCCCCCCCCCCCCCC(=O)NC(COP(=O)([O-])OCC[N+](C)(C)C)C(O)CCCCCCC. The zero-order valence-corrected chi connectivity index (χ0v) is 41.1. The number of hydrogen-bond donors (Lipinski definition) is 2. The number of aliphatic hydroxyl groups is 1. The largest absolute Gasteiger partial charge is 0.756 e. The fourth-order valence-electron chi connectivity index (χ4n) is 7.34. The van der Waals surface area contributed by atoms with E-state index in [-0.39, 0.29) is 19.1 Å². The average molecular weight is 867 g/mol. The Morgan fingerprint density at radius 1 is 0.583 bits per heavy atom. The van der Waals surface area contributed by atoms with Crippen LogP contribution in [-0.4, -0.2) is 68.5 Å². The summed E-state index contributed by atoms with van der Waals surface area (Å²) in [5, 5.41) is 13.7. The smallest absolute Gasteiger partial charge is 0.268 e. The summed E-state index contributed by atoms with van der Waals surface area (Å²) in [7, 11) is 1.30. The molecular formula is C51H99N2O6P. The number of aliphatic hydroxyl groups excluding tert-OH is 1. The van der Waals surface area contributed by atoms with E-state index >= 15 is 0 Å². The second kappa shape index (κ2) is 43.0. The van der Waals surface area contributed by atoms with E-state index in [2.05, 4.69) is 55.6 Å². The molecule has 0 aliphatic carbocycles. The Hall–Kier alpha value is -1.28. The molecule has 0 aliphatic heterocycles. The normalized spacial score (nSPS) is 14.4. The van der Waals surface area contributed by atoms with Gasteiger partial charge in [0, 0.05) is 6.42 Å². The van der Waals surface area contributed by atoms with Crippen LogP contribution in [0.25, 0.3) is 0 Å². The first-order valence-electron chi connectivity index (χ1n) is 25.3. The van der Waals surface area contributed by atoms with Crippen LogP contribution in [0.15, 0.2) is 36.5 Å². The van der Waals surface area contributed by atoms with E-state index in [0.717, 1.165) is 64.2 Å². The minimum absolute atomic E-state index is 0.0120. The van der Waals surface area contributed by atoms with Crippen molar-refractivity contribution >= 4 is 13.7 Å². The number of quaternary nitrogens is 1. The second-order valence-electron chi connectivity index (χ2n) is 18.5. The van der Waals surface area contributed by atoms with Gasteiger partial charge in [0.2, 0.25) is 5.91 Å². The van der Waals surface area contributed by atoms with Gasteiger partial charge in [-0.25, -0.2) is 0 Å². The molecule has 2 N–H and O–H groups in total. The van der Waals surface area contributed by atoms with Crippen molar-refractivity contribution in [3.63, 3.8) is 0 Å². The number of unbranched alkanes of at least 4 members (excludes halogenated alkanes) is 27. The lowest BCUT2D eigenvalue weighted by molar-refractivity contribution is -0.870. The maximum Gasteiger partial charge on any atom is 0.268 e. The standard InChI is InChI=1S/C51H99N2O6P/c1-6-8-10-12-13-14-15-16-17-18-19-20-21-22-23-24-25-26-27-28-29-30-31-32-33-34-35-36-37-38-39-41-43-45-51(55)52-49(50(54)44-42-40-11-9-7-2)48-59-60(56,57)58-47-46-53(3,4)5/h15-16,18-19,21-22,49-50,54H,6-14,17,20,23-48H2,1-5H3,(H-,52,55,56,57)/b16-15-,19-18-,22-21-. The summed E-state index contributed by atoms with van der Waals surface area (Å²) < 4.78 is 23.1. The Morgan fingerprint density at radius 2 is 0.967 bits per heavy atom. The fraction of sp³-hybridized carbons (Fsp3) is 0.863. The van der Waals surface area contributed by atoms with Crippen molar-refractivity contribution in [2.24, 2.45) is 0 Å². The molecule has 0 spiro atoms. The highest BCUT2D eigenvalue weighted by Crippen LogP contribution is 2.38. The molecule has 0 rings (SSSR count). The molecule has 0 aromatic rings. The zero-order valence-electron chi connectivity index (χ0n) is 40.2. The van der Waals surface area contributed by atoms with Gasteiger partial charge in [0.25, 0.3) is 7.82 Å². The molecule has 8 nitrogen and oxygen atoms in total. The van der Waals surface area contributed by atoms with Gasteiger partial charge < -0.3 is 28.8 Å². The Balaban J connectivity index is 3.80. The highest BCUT2D eigenvalue weighted by Gasteiger charge is 2.24. The highest BCUT2D eigenvalue weighted by molar-refractivity contribution is 7.45. The topological polar surface area (TPSA) is 108 Å². The van der Waals surface area contributed by atoms with E-state index in [1.165, 1.54) is 141 Å². The summed E-state index contributed by atoms with van der Waals surface area (Å²) in [6.45, 7) is 4.62. The number of rotatable bonds is 46. The first-order valence-corrected chi connectivity index (χ1v) is 26.8. The van der Waals surface area contributed by atoms with Crippen LogP contribution in [0.4, 0.5) is 0 Å². The molecular weight excluding hydrogens is 768 g/mol. The lowest BCUT2D eigenvalue weighted by Crippen LogP contribution is -2.46. The van der Waals surface area contributed by atoms with Crippen molar-refractivity contribution in [3.8, 4) is 0 Å². The second-order valence-corrected chi connectivity index (χ2v) is 19.9. The molecule has 3 unspecified atom stereocenters. The van der Waals surface area contributed by atoms with Gasteiger partial charge >= 0.3 is 0 Å². The summed E-state index contributed by atoms with van der Waals surface area (Å²) in [6.07, 6.45) is 53.7. The Morgan fingerprint density at radius 3 is 1.40 bits per heavy atom. The number of amides is 1. The van der Waals surface area contributed by atoms with Crippen LogP contribution in [0.5, 0.6) is 0 Å². The van der Waals surface area contributed by atoms with Gasteiger partial charge in [-0.1, -0.05) is 211 Å². The molecule has 0 heterocycles. The molecule has 1 amide bonds. The molecule has 0 fully saturated rings. The van der Waals surface area contributed by atoms with Crippen molar-refractivity contribution in [1.82, 2.24) is 5.32 Å². The van der Waals surface area contributed by atoms with E-state index in [4.69, 9.17) is 9.05 Å². The van der Waals surface area contributed by atoms with Gasteiger partial charge in [0.1, 0.15) is 13.2 Å². The van der Waals surface area contributed by atoms with E-state index in [1.54, 1.807) is 0 Å². The third kappa shape index (κ3) is 44.8. The molecule has 0 radical (unpaired) electrons. The molecule has 60 heavy (non-hydrogen) atoms. The predicted octanol–water partition coefficient (Wildman–Crippen LogP) is 14.0. The van der Waals surface area contributed by atoms with E-state index in [9.17, 15) is 19.4 Å². The van der Waals surface area contributed by atoms with Crippen LogP contribution < -0.4 is 10.2 Å². The van der Waals surface area contributed by atoms with Crippen molar-refractivity contribution in [2.45, 2.75) is 244 Å². The van der Waals surface area contributed by atoms with Gasteiger partial charge in [0.05, 0.1) is 39.9 Å². The summed E-state index contributed by atoms with van der Waals surface area (Å²) in [5.41, 5.74) is 0. The molecule has 354 valence electrons. The molecule has 0 aromatic heterocycles. The lowest BCUT2D eigenvalue weighted by Gasteiger charge is -2.30. The Labute approximate surface area is 372 Å². The number of hydrogen-bond acceptors (Lipinski definition) is 6. The summed E-state index contributed by atoms with van der Waals surface area (Å²) in [5.74, 6) is -0.170. The van der Waals surface area contributed by atoms with Crippen molar-refractivity contribution in [3.05, 3.63) is 36.5 Å². The molecule has 0 aromatic carbocycles. The van der Waals surface area contributed by atoms with E-state index < -0.39 is 20.0 Å². The number of carbonyl (C=O) groups excluding carboxylic acids is 1.